The largest absolute Gasteiger partial charge is 0.388 e. The molecule has 1 unspecified atom stereocenters. The van der Waals surface area contributed by atoms with E-state index in [2.05, 4.69) is 12.0 Å². The molecular weight excluding hydrogens is 176 g/mol. The fourth-order valence-corrected chi connectivity index (χ4v) is 1.43. The van der Waals surface area contributed by atoms with Gasteiger partial charge in [-0.05, 0) is 12.8 Å². The van der Waals surface area contributed by atoms with Crippen LogP contribution in [0.3, 0.4) is 0 Å². The third-order valence-corrected chi connectivity index (χ3v) is 2.42. The highest BCUT2D eigenvalue weighted by molar-refractivity contribution is 5.07. The van der Waals surface area contributed by atoms with Crippen LogP contribution in [0.5, 0.6) is 0 Å². The fourth-order valence-electron chi connectivity index (χ4n) is 1.43. The third-order valence-electron chi connectivity index (χ3n) is 2.42. The van der Waals surface area contributed by atoms with Crippen molar-refractivity contribution in [2.75, 3.05) is 0 Å². The van der Waals surface area contributed by atoms with Crippen LogP contribution in [-0.2, 0) is 6.54 Å². The van der Waals surface area contributed by atoms with Crippen molar-refractivity contribution in [3.8, 4) is 0 Å². The molecule has 0 aromatic carbocycles. The Labute approximate surface area is 85.8 Å². The van der Waals surface area contributed by atoms with Crippen LogP contribution in [0.15, 0.2) is 12.4 Å². The van der Waals surface area contributed by atoms with Crippen LogP contribution in [0.4, 0.5) is 0 Å². The summed E-state index contributed by atoms with van der Waals surface area (Å²) in [5.41, 5.74) is 0.934. The topological polar surface area (TPSA) is 38.0 Å². The van der Waals surface area contributed by atoms with E-state index < -0.39 is 0 Å². The Morgan fingerprint density at radius 1 is 1.43 bits per heavy atom. The van der Waals surface area contributed by atoms with Crippen LogP contribution in [-0.4, -0.2) is 14.9 Å². The molecule has 1 aromatic rings. The second-order valence-corrected chi connectivity index (χ2v) is 3.67. The Hall–Kier alpha value is -0.830. The lowest BCUT2D eigenvalue weighted by Crippen LogP contribution is -1.98. The number of nitrogens with zero attached hydrogens (tertiary/aromatic N) is 2. The number of hydrogen-bond donors (Lipinski definition) is 1. The molecule has 1 heterocycles. The second kappa shape index (κ2) is 5.81. The summed E-state index contributed by atoms with van der Waals surface area (Å²) in [4.78, 5) is 0. The molecule has 0 aliphatic carbocycles. The summed E-state index contributed by atoms with van der Waals surface area (Å²) in [5.74, 6) is 0. The lowest BCUT2D eigenvalue weighted by Gasteiger charge is -2.02. The quantitative estimate of drug-likeness (QED) is 0.710. The van der Waals surface area contributed by atoms with Crippen LogP contribution < -0.4 is 0 Å². The zero-order valence-electron chi connectivity index (χ0n) is 9.11. The summed E-state index contributed by atoms with van der Waals surface area (Å²) >= 11 is 0. The van der Waals surface area contributed by atoms with Crippen molar-refractivity contribution in [1.29, 1.82) is 0 Å². The Morgan fingerprint density at radius 2 is 2.21 bits per heavy atom. The molecule has 0 radical (unpaired) electrons. The highest BCUT2D eigenvalue weighted by Gasteiger charge is 2.06. The van der Waals surface area contributed by atoms with Gasteiger partial charge in [0.25, 0.3) is 0 Å². The first kappa shape index (κ1) is 11.2. The van der Waals surface area contributed by atoms with E-state index in [0.717, 1.165) is 18.5 Å². The van der Waals surface area contributed by atoms with Crippen LogP contribution in [0.1, 0.15) is 51.2 Å². The van der Waals surface area contributed by atoms with Gasteiger partial charge in [0.15, 0.2) is 0 Å². The van der Waals surface area contributed by atoms with Gasteiger partial charge in [-0.2, -0.15) is 5.10 Å². The molecule has 1 rings (SSSR count). The molecule has 1 aromatic heterocycles. The molecule has 3 nitrogen and oxygen atoms in total. The Morgan fingerprint density at radius 3 is 2.86 bits per heavy atom. The van der Waals surface area contributed by atoms with E-state index >= 15 is 0 Å². The predicted octanol–water partition coefficient (Wildman–Crippen LogP) is 2.52. The van der Waals surface area contributed by atoms with Crippen molar-refractivity contribution >= 4 is 0 Å². The van der Waals surface area contributed by atoms with Gasteiger partial charge in [-0.15, -0.1) is 0 Å². The van der Waals surface area contributed by atoms with E-state index in [1.54, 1.807) is 6.20 Å². The molecule has 14 heavy (non-hydrogen) atoms. The minimum atomic E-state index is -0.352. The van der Waals surface area contributed by atoms with Crippen molar-refractivity contribution in [3.05, 3.63) is 18.0 Å². The molecule has 0 saturated carbocycles. The highest BCUT2D eigenvalue weighted by atomic mass is 16.3. The first-order valence-electron chi connectivity index (χ1n) is 5.48. The SMILES string of the molecule is CCCCCn1cc(C(O)CC)cn1. The zero-order valence-corrected chi connectivity index (χ0v) is 9.11. The minimum Gasteiger partial charge on any atom is -0.388 e. The normalized spacial score (nSPS) is 13.1. The van der Waals surface area contributed by atoms with Crippen molar-refractivity contribution in [3.63, 3.8) is 0 Å². The molecule has 0 aliphatic rings. The van der Waals surface area contributed by atoms with Crippen LogP contribution >= 0.6 is 0 Å². The average Bonchev–Trinajstić information content (AvgIpc) is 2.66. The van der Waals surface area contributed by atoms with Gasteiger partial charge in [-0.3, -0.25) is 4.68 Å². The molecule has 0 fully saturated rings. The van der Waals surface area contributed by atoms with Gasteiger partial charge in [0.05, 0.1) is 12.3 Å². The van der Waals surface area contributed by atoms with Crippen molar-refractivity contribution in [2.45, 2.75) is 52.2 Å². The molecule has 0 bridgehead atoms. The molecule has 1 atom stereocenters. The van der Waals surface area contributed by atoms with Gasteiger partial charge in [0.2, 0.25) is 0 Å². The lowest BCUT2D eigenvalue weighted by atomic mass is 10.2. The number of unbranched alkanes of at least 4 members (excludes halogenated alkanes) is 2. The smallest absolute Gasteiger partial charge is 0.0817 e. The number of hydrogen-bond acceptors (Lipinski definition) is 2. The summed E-state index contributed by atoms with van der Waals surface area (Å²) in [6, 6.07) is 0. The van der Waals surface area contributed by atoms with Crippen LogP contribution in [0, 0.1) is 0 Å². The van der Waals surface area contributed by atoms with Gasteiger partial charge >= 0.3 is 0 Å². The fraction of sp³-hybridized carbons (Fsp3) is 0.727. The van der Waals surface area contributed by atoms with E-state index in [9.17, 15) is 5.11 Å². The average molecular weight is 196 g/mol. The summed E-state index contributed by atoms with van der Waals surface area (Å²) in [6.07, 6.45) is 7.75. The first-order chi connectivity index (χ1) is 6.77. The number of aliphatic hydroxyl groups is 1. The minimum absolute atomic E-state index is 0.352. The predicted molar refractivity (Wildman–Crippen MR) is 57.0 cm³/mol. The Bertz CT molecular complexity index is 258. The van der Waals surface area contributed by atoms with Crippen LogP contribution in [0.2, 0.25) is 0 Å². The second-order valence-electron chi connectivity index (χ2n) is 3.67. The molecule has 0 spiro atoms. The van der Waals surface area contributed by atoms with Gasteiger partial charge in [0, 0.05) is 18.3 Å². The molecule has 80 valence electrons. The van der Waals surface area contributed by atoms with Gasteiger partial charge in [0.1, 0.15) is 0 Å². The van der Waals surface area contributed by atoms with Crippen LogP contribution in [0.25, 0.3) is 0 Å². The van der Waals surface area contributed by atoms with E-state index in [-0.39, 0.29) is 6.10 Å². The number of aryl methyl sites for hydroxylation is 1. The molecular formula is C11H20N2O. The van der Waals surface area contributed by atoms with E-state index in [0.29, 0.717) is 0 Å². The maximum Gasteiger partial charge on any atom is 0.0817 e. The van der Waals surface area contributed by atoms with Crippen molar-refractivity contribution < 1.29 is 5.11 Å². The third kappa shape index (κ3) is 3.14. The number of aromatic nitrogens is 2. The molecule has 3 heteroatoms. The Balaban J connectivity index is 2.42. The molecule has 1 N–H and O–H groups in total. The summed E-state index contributed by atoms with van der Waals surface area (Å²) in [7, 11) is 0. The lowest BCUT2D eigenvalue weighted by molar-refractivity contribution is 0.173. The zero-order chi connectivity index (χ0) is 10.4. The summed E-state index contributed by atoms with van der Waals surface area (Å²) < 4.78 is 1.92. The van der Waals surface area contributed by atoms with Gasteiger partial charge in [-0.25, -0.2) is 0 Å². The van der Waals surface area contributed by atoms with Crippen molar-refractivity contribution in [1.82, 2.24) is 9.78 Å². The monoisotopic (exact) mass is 196 g/mol. The number of aliphatic hydroxyl groups excluding tert-OH is 1. The van der Waals surface area contributed by atoms with Gasteiger partial charge in [-0.1, -0.05) is 26.7 Å². The van der Waals surface area contributed by atoms with Gasteiger partial charge < -0.3 is 5.11 Å². The highest BCUT2D eigenvalue weighted by Crippen LogP contribution is 2.14. The van der Waals surface area contributed by atoms with Crippen molar-refractivity contribution in [2.24, 2.45) is 0 Å². The maximum absolute atomic E-state index is 9.56. The Kier molecular flexibility index (Phi) is 4.66. The summed E-state index contributed by atoms with van der Waals surface area (Å²) in [6.45, 7) is 5.12. The first-order valence-corrected chi connectivity index (χ1v) is 5.48. The molecule has 0 amide bonds. The summed E-state index contributed by atoms with van der Waals surface area (Å²) in [5, 5.41) is 13.8. The molecule has 0 aliphatic heterocycles. The van der Waals surface area contributed by atoms with E-state index in [1.807, 2.05) is 17.8 Å². The maximum atomic E-state index is 9.56. The number of rotatable bonds is 6. The van der Waals surface area contributed by atoms with E-state index in [4.69, 9.17) is 0 Å². The standard InChI is InChI=1S/C11H20N2O/c1-3-5-6-7-13-9-10(8-12-13)11(14)4-2/h8-9,11,14H,3-7H2,1-2H3. The van der Waals surface area contributed by atoms with E-state index in [1.165, 1.54) is 19.3 Å². The molecule has 0 saturated heterocycles.